The number of para-hydroxylation sites is 1. The highest BCUT2D eigenvalue weighted by molar-refractivity contribution is 5.35. The molecule has 0 aliphatic rings. The first-order valence-electron chi connectivity index (χ1n) is 11.5. The second kappa shape index (κ2) is 15.1. The number of benzene rings is 1. The molecule has 0 heterocycles. The van der Waals surface area contributed by atoms with E-state index >= 15 is 0 Å². The van der Waals surface area contributed by atoms with Crippen molar-refractivity contribution < 1.29 is 5.11 Å². The average Bonchev–Trinajstić information content (AvgIpc) is 2.65. The lowest BCUT2D eigenvalue weighted by Crippen LogP contribution is -2.14. The van der Waals surface area contributed by atoms with E-state index in [1.807, 2.05) is 12.1 Å². The third-order valence-electron chi connectivity index (χ3n) is 5.88. The minimum absolute atomic E-state index is 0.516. The highest BCUT2D eigenvalue weighted by Gasteiger charge is 2.24. The molecule has 150 valence electrons. The summed E-state index contributed by atoms with van der Waals surface area (Å²) >= 11 is 0. The molecular formula is C25H44O. The van der Waals surface area contributed by atoms with Crippen LogP contribution < -0.4 is 0 Å². The number of hydrogen-bond acceptors (Lipinski definition) is 1. The third-order valence-corrected chi connectivity index (χ3v) is 5.88. The molecule has 0 aliphatic carbocycles. The summed E-state index contributed by atoms with van der Waals surface area (Å²) in [4.78, 5) is 0. The molecule has 0 fully saturated rings. The van der Waals surface area contributed by atoms with Crippen LogP contribution in [0.5, 0.6) is 5.75 Å². The van der Waals surface area contributed by atoms with E-state index < -0.39 is 0 Å². The van der Waals surface area contributed by atoms with Gasteiger partial charge in [-0.05, 0) is 42.7 Å². The van der Waals surface area contributed by atoms with E-state index in [-0.39, 0.29) is 0 Å². The van der Waals surface area contributed by atoms with Gasteiger partial charge in [-0.25, -0.2) is 0 Å². The Morgan fingerprint density at radius 3 is 1.73 bits per heavy atom. The topological polar surface area (TPSA) is 20.2 Å². The van der Waals surface area contributed by atoms with Gasteiger partial charge in [0.2, 0.25) is 0 Å². The van der Waals surface area contributed by atoms with Crippen LogP contribution in [0.15, 0.2) is 24.3 Å². The molecule has 0 spiro atoms. The zero-order chi connectivity index (χ0) is 19.0. The Labute approximate surface area is 163 Å². The minimum atomic E-state index is 0.516. The second-order valence-electron chi connectivity index (χ2n) is 8.12. The van der Waals surface area contributed by atoms with Crippen molar-refractivity contribution in [1.82, 2.24) is 0 Å². The Kier molecular flexibility index (Phi) is 13.4. The Morgan fingerprint density at radius 2 is 1.15 bits per heavy atom. The minimum Gasteiger partial charge on any atom is -0.508 e. The maximum Gasteiger partial charge on any atom is 0.119 e. The van der Waals surface area contributed by atoms with E-state index in [1.54, 1.807) is 0 Å². The Hall–Kier alpha value is -0.980. The van der Waals surface area contributed by atoms with Gasteiger partial charge in [-0.15, -0.1) is 0 Å². The lowest BCUT2D eigenvalue weighted by Gasteiger charge is -2.29. The van der Waals surface area contributed by atoms with Crippen molar-refractivity contribution in [1.29, 1.82) is 0 Å². The maximum atomic E-state index is 10.5. The van der Waals surface area contributed by atoms with E-state index in [0.717, 1.165) is 5.92 Å². The molecule has 1 rings (SSSR count). The predicted molar refractivity (Wildman–Crippen MR) is 116 cm³/mol. The first-order chi connectivity index (χ1) is 12.7. The van der Waals surface area contributed by atoms with Crippen molar-refractivity contribution in [3.8, 4) is 5.75 Å². The fourth-order valence-corrected chi connectivity index (χ4v) is 4.27. The molecule has 1 unspecified atom stereocenters. The molecule has 0 saturated heterocycles. The van der Waals surface area contributed by atoms with Crippen LogP contribution in [0.3, 0.4) is 0 Å². The van der Waals surface area contributed by atoms with Crippen LogP contribution in [0.25, 0.3) is 0 Å². The molecule has 1 atom stereocenters. The van der Waals surface area contributed by atoms with Gasteiger partial charge in [0.05, 0.1) is 0 Å². The number of phenolic OH excluding ortho intramolecular Hbond substituents is 1. The van der Waals surface area contributed by atoms with Crippen molar-refractivity contribution in [2.24, 2.45) is 5.92 Å². The molecule has 26 heavy (non-hydrogen) atoms. The van der Waals surface area contributed by atoms with E-state index in [4.69, 9.17) is 0 Å². The molecule has 1 nitrogen and oxygen atoms in total. The van der Waals surface area contributed by atoms with Gasteiger partial charge in [0, 0.05) is 0 Å². The fourth-order valence-electron chi connectivity index (χ4n) is 4.27. The summed E-state index contributed by atoms with van der Waals surface area (Å²) < 4.78 is 0. The SMILES string of the molecule is CCCCCCCC(c1ccccc1O)C(CCCCC)CCCCC. The van der Waals surface area contributed by atoms with Gasteiger partial charge < -0.3 is 5.11 Å². The molecule has 1 aromatic carbocycles. The molecule has 0 aromatic heterocycles. The molecular weight excluding hydrogens is 316 g/mol. The lowest BCUT2D eigenvalue weighted by molar-refractivity contribution is 0.316. The van der Waals surface area contributed by atoms with Crippen LogP contribution in [-0.2, 0) is 0 Å². The van der Waals surface area contributed by atoms with Crippen molar-refractivity contribution in [3.05, 3.63) is 29.8 Å². The average molecular weight is 361 g/mol. The molecule has 1 N–H and O–H groups in total. The molecule has 0 bridgehead atoms. The molecule has 1 heteroatoms. The predicted octanol–water partition coefficient (Wildman–Crippen LogP) is 8.61. The van der Waals surface area contributed by atoms with E-state index in [1.165, 1.54) is 95.5 Å². The summed E-state index contributed by atoms with van der Waals surface area (Å²) in [6.45, 7) is 6.86. The summed E-state index contributed by atoms with van der Waals surface area (Å²) in [6, 6.07) is 8.13. The zero-order valence-corrected chi connectivity index (χ0v) is 17.8. The highest BCUT2D eigenvalue weighted by Crippen LogP contribution is 2.40. The smallest absolute Gasteiger partial charge is 0.119 e. The van der Waals surface area contributed by atoms with E-state index in [0.29, 0.717) is 11.7 Å². The Bertz CT molecular complexity index is 430. The Balaban J connectivity index is 2.82. The first-order valence-corrected chi connectivity index (χ1v) is 11.5. The van der Waals surface area contributed by atoms with Crippen LogP contribution in [-0.4, -0.2) is 5.11 Å². The Morgan fingerprint density at radius 1 is 0.654 bits per heavy atom. The highest BCUT2D eigenvalue weighted by atomic mass is 16.3. The third kappa shape index (κ3) is 9.10. The number of unbranched alkanes of at least 4 members (excludes halogenated alkanes) is 8. The molecule has 1 aromatic rings. The molecule has 0 radical (unpaired) electrons. The molecule has 0 amide bonds. The van der Waals surface area contributed by atoms with Gasteiger partial charge >= 0.3 is 0 Å². The summed E-state index contributed by atoms with van der Waals surface area (Å²) in [7, 11) is 0. The van der Waals surface area contributed by atoms with Crippen LogP contribution in [0, 0.1) is 5.92 Å². The van der Waals surface area contributed by atoms with Crippen LogP contribution >= 0.6 is 0 Å². The van der Waals surface area contributed by atoms with Crippen LogP contribution in [0.1, 0.15) is 122 Å². The van der Waals surface area contributed by atoms with E-state index in [2.05, 4.69) is 32.9 Å². The van der Waals surface area contributed by atoms with Gasteiger partial charge in [0.25, 0.3) is 0 Å². The number of rotatable bonds is 16. The van der Waals surface area contributed by atoms with Gasteiger partial charge in [0.15, 0.2) is 0 Å². The molecule has 0 saturated carbocycles. The van der Waals surface area contributed by atoms with Gasteiger partial charge in [-0.1, -0.05) is 110 Å². The largest absolute Gasteiger partial charge is 0.508 e. The normalized spacial score (nSPS) is 12.6. The fraction of sp³-hybridized carbons (Fsp3) is 0.760. The van der Waals surface area contributed by atoms with Crippen molar-refractivity contribution >= 4 is 0 Å². The standard InChI is InChI=1S/C25H44O/c1-4-7-10-11-14-19-23(24-20-15-16-21-25(24)26)22(17-12-8-5-2)18-13-9-6-3/h15-16,20-23,26H,4-14,17-19H2,1-3H3. The van der Waals surface area contributed by atoms with Crippen LogP contribution in [0.2, 0.25) is 0 Å². The summed E-state index contributed by atoms with van der Waals surface area (Å²) in [5, 5.41) is 10.5. The maximum absolute atomic E-state index is 10.5. The number of hydrogen-bond donors (Lipinski definition) is 1. The quantitative estimate of drug-likeness (QED) is 0.292. The zero-order valence-electron chi connectivity index (χ0n) is 17.8. The van der Waals surface area contributed by atoms with Crippen LogP contribution in [0.4, 0.5) is 0 Å². The van der Waals surface area contributed by atoms with Crippen molar-refractivity contribution in [2.75, 3.05) is 0 Å². The van der Waals surface area contributed by atoms with Gasteiger partial charge in [-0.2, -0.15) is 0 Å². The summed E-state index contributed by atoms with van der Waals surface area (Å²) in [5.74, 6) is 1.78. The van der Waals surface area contributed by atoms with Crippen molar-refractivity contribution in [2.45, 2.75) is 117 Å². The van der Waals surface area contributed by atoms with Gasteiger partial charge in [0.1, 0.15) is 5.75 Å². The lowest BCUT2D eigenvalue weighted by atomic mass is 9.76. The number of aromatic hydroxyl groups is 1. The summed E-state index contributed by atoms with van der Waals surface area (Å²) in [5.41, 5.74) is 1.21. The monoisotopic (exact) mass is 360 g/mol. The summed E-state index contributed by atoms with van der Waals surface area (Å²) in [6.07, 6.45) is 18.5. The first kappa shape index (κ1) is 23.1. The van der Waals surface area contributed by atoms with Gasteiger partial charge in [-0.3, -0.25) is 0 Å². The number of phenols is 1. The second-order valence-corrected chi connectivity index (χ2v) is 8.12. The molecule has 0 aliphatic heterocycles. The van der Waals surface area contributed by atoms with E-state index in [9.17, 15) is 5.11 Å². The van der Waals surface area contributed by atoms with Crippen molar-refractivity contribution in [3.63, 3.8) is 0 Å².